The van der Waals surface area contributed by atoms with Crippen molar-refractivity contribution in [1.29, 1.82) is 0 Å². The van der Waals surface area contributed by atoms with E-state index in [1.54, 1.807) is 0 Å². The van der Waals surface area contributed by atoms with E-state index in [0.29, 0.717) is 31.5 Å². The van der Waals surface area contributed by atoms with Crippen LogP contribution in [0.5, 0.6) is 0 Å². The van der Waals surface area contributed by atoms with E-state index >= 15 is 0 Å². The van der Waals surface area contributed by atoms with Crippen LogP contribution in [0.3, 0.4) is 0 Å². The Morgan fingerprint density at radius 2 is 1.39 bits per heavy atom. The molecule has 1 heterocycles. The summed E-state index contributed by atoms with van der Waals surface area (Å²) in [6, 6.07) is 12.0. The third-order valence-electron chi connectivity index (χ3n) is 6.81. The number of benzene rings is 2. The van der Waals surface area contributed by atoms with Crippen molar-refractivity contribution in [1.82, 2.24) is 10.6 Å². The molecular formula is C26H32N4O3. The predicted molar refractivity (Wildman–Crippen MR) is 130 cm³/mol. The van der Waals surface area contributed by atoms with Crippen molar-refractivity contribution in [2.45, 2.75) is 44.1 Å². The van der Waals surface area contributed by atoms with Crippen LogP contribution in [0.25, 0.3) is 0 Å². The summed E-state index contributed by atoms with van der Waals surface area (Å²) in [5.41, 5.74) is 6.72. The zero-order chi connectivity index (χ0) is 23.8. The molecule has 2 aromatic rings. The molecule has 3 aliphatic rings. The number of nitrogens with zero attached hydrogens (tertiary/aromatic N) is 2. The molecule has 7 heteroatoms. The number of Topliss-reactive ketones (excluding diaryl/α,β-unsaturated/α-hetero) is 1. The number of hydrogen-bond acceptors (Lipinski definition) is 5. The second-order valence-electron chi connectivity index (χ2n) is 9.50. The number of rotatable bonds is 2. The summed E-state index contributed by atoms with van der Waals surface area (Å²) < 4.78 is 0. The van der Waals surface area contributed by atoms with Crippen molar-refractivity contribution in [3.63, 3.8) is 0 Å². The molecule has 1 spiro atoms. The highest BCUT2D eigenvalue weighted by molar-refractivity contribution is 6.07. The Balaban J connectivity index is 0.000000165. The molecule has 0 bridgehead atoms. The molecule has 2 aliphatic carbocycles. The molecule has 1 aliphatic heterocycles. The van der Waals surface area contributed by atoms with E-state index in [1.165, 1.54) is 28.1 Å². The Labute approximate surface area is 195 Å². The molecule has 0 saturated carbocycles. The van der Waals surface area contributed by atoms with E-state index in [1.807, 2.05) is 46.4 Å². The SMILES string of the molecule is CN(C)c1cccc2c1CCC(=O)C2.CN(C)c1cccc2c1CCC1(C2)NC(=O)NC1=O. The second-order valence-corrected chi connectivity index (χ2v) is 9.50. The van der Waals surface area contributed by atoms with Gasteiger partial charge in [-0.25, -0.2) is 4.79 Å². The average Bonchev–Trinajstić information content (AvgIpc) is 3.04. The summed E-state index contributed by atoms with van der Waals surface area (Å²) in [5.74, 6) is 0.173. The molecule has 3 amide bonds. The number of hydrogen-bond donors (Lipinski definition) is 2. The highest BCUT2D eigenvalue weighted by Gasteiger charge is 2.48. The fourth-order valence-electron chi connectivity index (χ4n) is 5.13. The molecule has 0 aromatic heterocycles. The lowest BCUT2D eigenvalue weighted by Crippen LogP contribution is -2.51. The molecule has 7 nitrogen and oxygen atoms in total. The third-order valence-corrected chi connectivity index (χ3v) is 6.81. The van der Waals surface area contributed by atoms with Crippen LogP contribution >= 0.6 is 0 Å². The molecular weight excluding hydrogens is 416 g/mol. The first-order chi connectivity index (χ1) is 15.7. The van der Waals surface area contributed by atoms with E-state index in [2.05, 4.69) is 38.6 Å². The average molecular weight is 449 g/mol. The maximum atomic E-state index is 12.0. The van der Waals surface area contributed by atoms with Gasteiger partial charge >= 0.3 is 6.03 Å². The van der Waals surface area contributed by atoms with Gasteiger partial charge < -0.3 is 15.1 Å². The number of carbonyl (C=O) groups excluding carboxylic acids is 3. The quantitative estimate of drug-likeness (QED) is 0.691. The van der Waals surface area contributed by atoms with Crippen molar-refractivity contribution >= 4 is 29.1 Å². The monoisotopic (exact) mass is 448 g/mol. The molecule has 2 N–H and O–H groups in total. The Morgan fingerprint density at radius 3 is 1.97 bits per heavy atom. The first-order valence-electron chi connectivity index (χ1n) is 11.4. The van der Waals surface area contributed by atoms with Gasteiger partial charge in [-0.3, -0.25) is 14.9 Å². The van der Waals surface area contributed by atoms with Crippen molar-refractivity contribution in [3.8, 4) is 0 Å². The van der Waals surface area contributed by atoms with Gasteiger partial charge in [0.05, 0.1) is 0 Å². The number of urea groups is 1. The van der Waals surface area contributed by atoms with Crippen LogP contribution in [-0.4, -0.2) is 51.5 Å². The fraction of sp³-hybridized carbons (Fsp3) is 0.423. The summed E-state index contributed by atoms with van der Waals surface area (Å²) in [6.45, 7) is 0. The van der Waals surface area contributed by atoms with Gasteiger partial charge in [0.25, 0.3) is 5.91 Å². The van der Waals surface area contributed by atoms with Crippen LogP contribution in [0.2, 0.25) is 0 Å². The Kier molecular flexibility index (Phi) is 6.15. The molecule has 1 saturated heterocycles. The molecule has 0 radical (unpaired) electrons. The van der Waals surface area contributed by atoms with Crippen LogP contribution in [-0.2, 0) is 35.3 Å². The van der Waals surface area contributed by atoms with Crippen LogP contribution in [0.4, 0.5) is 16.2 Å². The Hall–Kier alpha value is -3.35. The number of amides is 3. The smallest absolute Gasteiger partial charge is 0.322 e. The number of anilines is 2. The number of nitrogens with one attached hydrogen (secondary N) is 2. The maximum absolute atomic E-state index is 12.0. The zero-order valence-corrected chi connectivity index (χ0v) is 19.8. The van der Waals surface area contributed by atoms with E-state index in [-0.39, 0.29) is 11.9 Å². The highest BCUT2D eigenvalue weighted by Crippen LogP contribution is 2.35. The Bertz CT molecular complexity index is 1110. The van der Waals surface area contributed by atoms with Crippen LogP contribution in [0.1, 0.15) is 35.1 Å². The van der Waals surface area contributed by atoms with E-state index in [0.717, 1.165) is 18.4 Å². The highest BCUT2D eigenvalue weighted by atomic mass is 16.2. The second kappa shape index (κ2) is 8.89. The summed E-state index contributed by atoms with van der Waals surface area (Å²) in [5, 5.41) is 5.14. The summed E-state index contributed by atoms with van der Waals surface area (Å²) in [4.78, 5) is 38.8. The summed E-state index contributed by atoms with van der Waals surface area (Å²) in [7, 11) is 8.13. The minimum Gasteiger partial charge on any atom is -0.377 e. The molecule has 1 unspecified atom stereocenters. The van der Waals surface area contributed by atoms with Crippen LogP contribution in [0, 0.1) is 0 Å². The summed E-state index contributed by atoms with van der Waals surface area (Å²) >= 11 is 0. The molecule has 1 atom stereocenters. The lowest BCUT2D eigenvalue weighted by atomic mass is 9.77. The zero-order valence-electron chi connectivity index (χ0n) is 19.8. The Morgan fingerprint density at radius 1 is 0.788 bits per heavy atom. The van der Waals surface area contributed by atoms with Gasteiger partial charge in [-0.2, -0.15) is 0 Å². The third kappa shape index (κ3) is 4.45. The van der Waals surface area contributed by atoms with Crippen molar-refractivity contribution < 1.29 is 14.4 Å². The number of fused-ring (bicyclic) bond motifs is 2. The standard InChI is InChI=1S/C14H17N3O2.C12H15NO/c1-17(2)11-5-3-4-9-8-14(7-6-10(9)11)12(18)15-13(19)16-14;1-13(2)12-5-3-4-9-8-10(14)6-7-11(9)12/h3-5H,6-8H2,1-2H3,(H2,15,16,18,19);3-5H,6-8H2,1-2H3. The van der Waals surface area contributed by atoms with Gasteiger partial charge in [-0.15, -0.1) is 0 Å². The fourth-order valence-corrected chi connectivity index (χ4v) is 5.13. The molecule has 5 rings (SSSR count). The van der Waals surface area contributed by atoms with E-state index in [9.17, 15) is 14.4 Å². The molecule has 1 fully saturated rings. The minimum atomic E-state index is -0.741. The number of carbonyl (C=O) groups is 3. The molecule has 174 valence electrons. The first-order valence-corrected chi connectivity index (χ1v) is 11.4. The van der Waals surface area contributed by atoms with Gasteiger partial charge in [0, 0.05) is 58.8 Å². The topological polar surface area (TPSA) is 81.8 Å². The predicted octanol–water partition coefficient (Wildman–Crippen LogP) is 2.63. The van der Waals surface area contributed by atoms with Crippen molar-refractivity contribution in [2.24, 2.45) is 0 Å². The van der Waals surface area contributed by atoms with E-state index < -0.39 is 5.54 Å². The number of imide groups is 1. The van der Waals surface area contributed by atoms with Crippen molar-refractivity contribution in [3.05, 3.63) is 58.7 Å². The van der Waals surface area contributed by atoms with Crippen molar-refractivity contribution in [2.75, 3.05) is 38.0 Å². The van der Waals surface area contributed by atoms with E-state index in [4.69, 9.17) is 0 Å². The minimum absolute atomic E-state index is 0.196. The number of ketones is 1. The normalized spacial score (nSPS) is 20.8. The van der Waals surface area contributed by atoms with Gasteiger partial charge in [-0.05, 0) is 53.6 Å². The molecule has 2 aromatic carbocycles. The first kappa shape index (κ1) is 22.8. The van der Waals surface area contributed by atoms with Crippen LogP contribution < -0.4 is 20.4 Å². The largest absolute Gasteiger partial charge is 0.377 e. The lowest BCUT2D eigenvalue weighted by Gasteiger charge is -2.33. The van der Waals surface area contributed by atoms with Crippen LogP contribution in [0.15, 0.2) is 36.4 Å². The van der Waals surface area contributed by atoms with Gasteiger partial charge in [0.15, 0.2) is 0 Å². The van der Waals surface area contributed by atoms with Gasteiger partial charge in [-0.1, -0.05) is 24.3 Å². The molecule has 33 heavy (non-hydrogen) atoms. The summed E-state index contributed by atoms with van der Waals surface area (Å²) in [6.07, 6.45) is 4.26. The van der Waals surface area contributed by atoms with Gasteiger partial charge in [0.2, 0.25) is 0 Å². The lowest BCUT2D eigenvalue weighted by molar-refractivity contribution is -0.124. The van der Waals surface area contributed by atoms with Gasteiger partial charge in [0.1, 0.15) is 11.3 Å². The maximum Gasteiger partial charge on any atom is 0.322 e.